The number of hydrogen-bond acceptors (Lipinski definition) is 12. The normalized spacial score (nSPS) is 37.6. The first kappa shape index (κ1) is 60.5. The molecular weight excluding hydrogens is 1100 g/mol. The van der Waals surface area contributed by atoms with Crippen molar-refractivity contribution in [3.8, 4) is 0 Å². The first-order chi connectivity index (χ1) is 38.9. The topological polar surface area (TPSA) is 240 Å². The summed E-state index contributed by atoms with van der Waals surface area (Å²) in [5.41, 5.74) is 2.40. The Balaban J connectivity index is 0.000000128. The van der Waals surface area contributed by atoms with Crippen molar-refractivity contribution in [1.82, 2.24) is 30.7 Å². The van der Waals surface area contributed by atoms with Crippen molar-refractivity contribution in [3.63, 3.8) is 0 Å². The summed E-state index contributed by atoms with van der Waals surface area (Å²) in [4.78, 5) is 107. The molecule has 2 atom stereocenters. The third kappa shape index (κ3) is 11.7. The van der Waals surface area contributed by atoms with E-state index in [-0.39, 0.29) is 95.4 Å². The number of nitrogens with zero attached hydrogens (tertiary/aromatic N) is 3. The fourth-order valence-electron chi connectivity index (χ4n) is 16.5. The van der Waals surface area contributed by atoms with Crippen LogP contribution in [0, 0.1) is 21.7 Å². The number of likely N-dealkylation sites (tertiary alicyclic amines) is 1. The number of amides is 6. The molecule has 0 radical (unpaired) electrons. The molecule has 20 rings (SSSR count). The van der Waals surface area contributed by atoms with Crippen molar-refractivity contribution < 1.29 is 70.9 Å². The second-order valence-corrected chi connectivity index (χ2v) is 27.2. The summed E-state index contributed by atoms with van der Waals surface area (Å²) in [5, 5.41) is 23.6. The standard InChI is InChI=1S/C24H28FN3O3.C18H21N3O3.C6H9FO.2C6H7FO.CH2O2.ClH/c25-24-11-23(12-24,13-24)14-27-7-5-15(6-8-27)16-1-2-18-17(9-16)10-28(22(18)31)19-3-4-20(29)26-21(19)30;22-16-4-3-15(17(23)20-16)21-10-13-9-12(1-2-14(13)18(21)24)11-5-7-19-8-6-11;3*7-6-1-5(2-6,3-6)4-8;2-1-3;/h1-2,9,15,19H,3-8,10-14H2,(H,26,29,30);1-2,9,11,15,19H,3-8,10H2,(H,20,22,23);8H,1-4H2;2*4H,1-3H2;1H,(H,2,3);1H. The van der Waals surface area contributed by atoms with Crippen LogP contribution in [-0.2, 0) is 46.7 Å². The smallest absolute Gasteiger partial charge is 0.290 e. The number of piperidine rings is 4. The Hall–Kier alpha value is -5.64. The maximum absolute atomic E-state index is 13.8. The van der Waals surface area contributed by atoms with Crippen molar-refractivity contribution in [2.24, 2.45) is 21.7 Å². The van der Waals surface area contributed by atoms with E-state index in [0.717, 1.165) is 101 Å². The van der Waals surface area contributed by atoms with Crippen molar-refractivity contribution in [3.05, 3.63) is 69.8 Å². The van der Waals surface area contributed by atoms with E-state index in [1.54, 1.807) is 9.80 Å². The van der Waals surface area contributed by atoms with E-state index >= 15 is 0 Å². The second-order valence-electron chi connectivity index (χ2n) is 27.2. The molecule has 0 aromatic heterocycles. The van der Waals surface area contributed by atoms with Crippen LogP contribution in [0.2, 0.25) is 0 Å². The number of carbonyl (C=O) groups excluding carboxylic acids is 8. The molecule has 12 saturated carbocycles. The summed E-state index contributed by atoms with van der Waals surface area (Å²) in [6, 6.07) is 11.1. The van der Waals surface area contributed by atoms with E-state index in [0.29, 0.717) is 107 Å². The van der Waals surface area contributed by atoms with Crippen LogP contribution in [0.3, 0.4) is 0 Å². The minimum Gasteiger partial charge on any atom is -0.483 e. The van der Waals surface area contributed by atoms with Crippen LogP contribution in [-0.4, -0.2) is 153 Å². The van der Waals surface area contributed by atoms with Gasteiger partial charge in [0.15, 0.2) is 0 Å². The highest BCUT2D eigenvalue weighted by Crippen LogP contribution is 2.71. The lowest BCUT2D eigenvalue weighted by Crippen LogP contribution is -2.68. The van der Waals surface area contributed by atoms with Crippen molar-refractivity contribution in [1.29, 1.82) is 0 Å². The number of carbonyl (C=O) groups is 9. The summed E-state index contributed by atoms with van der Waals surface area (Å²) < 4.78 is 51.5. The van der Waals surface area contributed by atoms with Crippen LogP contribution in [0.25, 0.3) is 0 Å². The van der Waals surface area contributed by atoms with Crippen LogP contribution in [0.4, 0.5) is 17.6 Å². The summed E-state index contributed by atoms with van der Waals surface area (Å²) in [5.74, 6) is -0.450. The molecule has 12 aliphatic carbocycles. The number of halogens is 5. The molecule has 450 valence electrons. The number of carboxylic acid groups (broad SMARTS) is 1. The fraction of sp³-hybridized carbons (Fsp3) is 0.656. The summed E-state index contributed by atoms with van der Waals surface area (Å²) in [7, 11) is 0. The third-order valence-corrected chi connectivity index (χ3v) is 20.5. The lowest BCUT2D eigenvalue weighted by molar-refractivity contribution is -0.230. The molecule has 2 aromatic rings. The predicted molar refractivity (Wildman–Crippen MR) is 294 cm³/mol. The minimum atomic E-state index is -0.902. The van der Waals surface area contributed by atoms with Crippen LogP contribution < -0.4 is 16.0 Å². The first-order valence-electron chi connectivity index (χ1n) is 29.3. The molecule has 8 bridgehead atoms. The summed E-state index contributed by atoms with van der Waals surface area (Å²) in [6.45, 7) is 6.03. The lowest BCUT2D eigenvalue weighted by atomic mass is 9.42. The molecule has 16 fully saturated rings. The molecule has 2 aromatic carbocycles. The van der Waals surface area contributed by atoms with Crippen molar-refractivity contribution in [2.75, 3.05) is 39.3 Å². The van der Waals surface area contributed by atoms with E-state index in [1.165, 1.54) is 11.1 Å². The van der Waals surface area contributed by atoms with Gasteiger partial charge < -0.3 is 39.8 Å². The van der Waals surface area contributed by atoms with Gasteiger partial charge in [-0.3, -0.25) is 44.2 Å². The maximum atomic E-state index is 13.8. The Kier molecular flexibility index (Phi) is 16.3. The number of imide groups is 2. The van der Waals surface area contributed by atoms with Gasteiger partial charge in [0.25, 0.3) is 18.3 Å². The Morgan fingerprint density at radius 1 is 0.542 bits per heavy atom. The predicted octanol–water partition coefficient (Wildman–Crippen LogP) is 6.58. The fourth-order valence-corrected chi connectivity index (χ4v) is 16.5. The van der Waals surface area contributed by atoms with Gasteiger partial charge in [0.2, 0.25) is 23.6 Å². The molecule has 5 N–H and O–H groups in total. The van der Waals surface area contributed by atoms with E-state index in [4.69, 9.17) is 15.0 Å². The van der Waals surface area contributed by atoms with Crippen molar-refractivity contribution in [2.45, 2.75) is 188 Å². The van der Waals surface area contributed by atoms with Crippen LogP contribution in [0.1, 0.15) is 183 Å². The summed E-state index contributed by atoms with van der Waals surface area (Å²) >= 11 is 0. The Morgan fingerprint density at radius 2 is 0.916 bits per heavy atom. The highest BCUT2D eigenvalue weighted by Gasteiger charge is 2.71. The van der Waals surface area contributed by atoms with E-state index in [1.807, 2.05) is 12.1 Å². The zero-order valence-electron chi connectivity index (χ0n) is 46.6. The van der Waals surface area contributed by atoms with Gasteiger partial charge in [-0.25, -0.2) is 17.6 Å². The molecule has 17 nitrogen and oxygen atoms in total. The highest BCUT2D eigenvalue weighted by atomic mass is 35.5. The monoisotopic (exact) mass is 1180 g/mol. The van der Waals surface area contributed by atoms with Gasteiger partial charge in [-0.05, 0) is 193 Å². The average molecular weight is 1180 g/mol. The van der Waals surface area contributed by atoms with E-state index in [2.05, 4.69) is 45.1 Å². The number of aliphatic hydroxyl groups is 1. The zero-order chi connectivity index (χ0) is 58.3. The molecule has 18 aliphatic rings. The summed E-state index contributed by atoms with van der Waals surface area (Å²) in [6.07, 6.45) is 14.8. The van der Waals surface area contributed by atoms with Crippen LogP contribution in [0.15, 0.2) is 36.4 Å². The number of nitrogens with one attached hydrogen (secondary N) is 3. The molecular formula is C61H75ClF4N6O11. The maximum Gasteiger partial charge on any atom is 0.290 e. The average Bonchev–Trinajstić information content (AvgIpc) is 1.66. The molecule has 6 aliphatic heterocycles. The van der Waals surface area contributed by atoms with E-state index < -0.39 is 34.8 Å². The van der Waals surface area contributed by atoms with Gasteiger partial charge in [-0.15, -0.1) is 12.4 Å². The lowest BCUT2D eigenvalue weighted by Gasteiger charge is -2.67. The van der Waals surface area contributed by atoms with Gasteiger partial charge in [-0.2, -0.15) is 0 Å². The number of hydrogen-bond donors (Lipinski definition) is 5. The Bertz CT molecular complexity index is 2850. The molecule has 22 heteroatoms. The van der Waals surface area contributed by atoms with Crippen LogP contribution >= 0.6 is 12.4 Å². The van der Waals surface area contributed by atoms with Crippen LogP contribution in [0.5, 0.6) is 0 Å². The number of benzene rings is 2. The second kappa shape index (κ2) is 22.3. The zero-order valence-corrected chi connectivity index (χ0v) is 47.5. The Labute approximate surface area is 485 Å². The third-order valence-electron chi connectivity index (χ3n) is 20.5. The number of alkyl halides is 4. The SMILES string of the molecule is Cl.O=C1CCC(N2Cc3cc(C4CCN(CC56CC(F)(C5)C6)CC4)ccc3C2=O)C(=O)N1.O=C1CCC(N2Cc3cc(C4CCNCC4)ccc3C2=O)C(=O)N1.O=CC12CC(F)(C1)C2.O=CC12CC(F)(C1)C2.O=CO.OCC12CC(F)(C1)C2. The number of rotatable bonds is 9. The number of aliphatic hydroxyl groups excluding tert-OH is 1. The van der Waals surface area contributed by atoms with Gasteiger partial charge >= 0.3 is 0 Å². The largest absolute Gasteiger partial charge is 0.483 e. The molecule has 83 heavy (non-hydrogen) atoms. The molecule has 4 saturated heterocycles. The van der Waals surface area contributed by atoms with Crippen molar-refractivity contribution >= 4 is 66.9 Å². The Morgan fingerprint density at radius 3 is 1.24 bits per heavy atom. The van der Waals surface area contributed by atoms with E-state index in [9.17, 15) is 55.9 Å². The molecule has 0 spiro atoms. The first-order valence-corrected chi connectivity index (χ1v) is 29.3. The highest BCUT2D eigenvalue weighted by molar-refractivity contribution is 6.06. The quantitative estimate of drug-likeness (QED) is 0.101. The molecule has 2 unspecified atom stereocenters. The molecule has 6 heterocycles. The van der Waals surface area contributed by atoms with Gasteiger partial charge in [-0.1, -0.05) is 24.3 Å². The number of aldehydes is 2. The molecule has 6 amide bonds. The number of fused-ring (bicyclic) bond motifs is 2. The van der Waals surface area contributed by atoms with Gasteiger partial charge in [0, 0.05) is 66.5 Å². The van der Waals surface area contributed by atoms with Gasteiger partial charge in [0.05, 0.1) is 0 Å². The minimum absolute atomic E-state index is 0. The van der Waals surface area contributed by atoms with Gasteiger partial charge in [0.1, 0.15) is 47.3 Å².